The summed E-state index contributed by atoms with van der Waals surface area (Å²) < 4.78 is 28.0. The van der Waals surface area contributed by atoms with Crippen LogP contribution in [0.2, 0.25) is 5.02 Å². The van der Waals surface area contributed by atoms with Crippen LogP contribution in [0.1, 0.15) is 19.8 Å². The van der Waals surface area contributed by atoms with E-state index in [1.54, 1.807) is 18.2 Å². The normalized spacial score (nSPS) is 23.1. The first-order valence-corrected chi connectivity index (χ1v) is 8.75. The van der Waals surface area contributed by atoms with E-state index in [9.17, 15) is 8.42 Å². The molecule has 1 fully saturated rings. The van der Waals surface area contributed by atoms with Gasteiger partial charge in [0.15, 0.2) is 0 Å². The molecule has 20 heavy (non-hydrogen) atoms. The van der Waals surface area contributed by atoms with E-state index in [2.05, 4.69) is 26.0 Å². The molecule has 1 heterocycles. The number of sulfonamides is 1. The van der Waals surface area contributed by atoms with Crippen molar-refractivity contribution >= 4 is 50.0 Å². The zero-order valence-electron chi connectivity index (χ0n) is 10.9. The van der Waals surface area contributed by atoms with Gasteiger partial charge in [0.25, 0.3) is 0 Å². The third kappa shape index (κ3) is 4.32. The second kappa shape index (κ2) is 7.42. The van der Waals surface area contributed by atoms with E-state index in [0.717, 1.165) is 19.4 Å². The molecule has 0 bridgehead atoms. The van der Waals surface area contributed by atoms with Gasteiger partial charge in [0.05, 0.1) is 5.02 Å². The summed E-state index contributed by atoms with van der Waals surface area (Å²) in [6.07, 6.45) is 1.56. The molecular formula is C12H17BrCl2N2O2S. The van der Waals surface area contributed by atoms with Crippen molar-refractivity contribution in [3.05, 3.63) is 27.7 Å². The number of benzene rings is 1. The number of hydrogen-bond acceptors (Lipinski definition) is 3. The van der Waals surface area contributed by atoms with E-state index in [-0.39, 0.29) is 28.4 Å². The molecule has 0 spiro atoms. The Morgan fingerprint density at radius 2 is 2.15 bits per heavy atom. The average Bonchev–Trinajstić information content (AvgIpc) is 2.27. The van der Waals surface area contributed by atoms with Gasteiger partial charge in [-0.15, -0.1) is 12.4 Å². The molecule has 2 unspecified atom stereocenters. The van der Waals surface area contributed by atoms with Gasteiger partial charge in [-0.05, 0) is 54.4 Å². The minimum Gasteiger partial charge on any atom is -0.314 e. The molecule has 1 aliphatic rings. The van der Waals surface area contributed by atoms with Crippen molar-refractivity contribution in [2.24, 2.45) is 0 Å². The third-order valence-corrected chi connectivity index (χ3v) is 6.10. The van der Waals surface area contributed by atoms with Crippen molar-refractivity contribution in [1.82, 2.24) is 10.0 Å². The number of rotatable bonds is 3. The molecule has 2 rings (SSSR count). The van der Waals surface area contributed by atoms with Gasteiger partial charge >= 0.3 is 0 Å². The number of piperidine rings is 1. The van der Waals surface area contributed by atoms with Crippen LogP contribution < -0.4 is 10.0 Å². The molecular weight excluding hydrogens is 387 g/mol. The summed E-state index contributed by atoms with van der Waals surface area (Å²) in [6.45, 7) is 2.86. The first kappa shape index (κ1) is 18.2. The maximum Gasteiger partial charge on any atom is 0.243 e. The molecule has 8 heteroatoms. The summed E-state index contributed by atoms with van der Waals surface area (Å²) in [7, 11) is -3.60. The summed E-state index contributed by atoms with van der Waals surface area (Å²) in [5.74, 6) is 0. The van der Waals surface area contributed by atoms with Gasteiger partial charge in [0.1, 0.15) is 4.90 Å². The molecule has 0 saturated carbocycles. The molecule has 2 atom stereocenters. The van der Waals surface area contributed by atoms with Gasteiger partial charge in [-0.1, -0.05) is 17.7 Å². The predicted molar refractivity (Wildman–Crippen MR) is 87.2 cm³/mol. The van der Waals surface area contributed by atoms with Crippen LogP contribution in [0.5, 0.6) is 0 Å². The second-order valence-electron chi connectivity index (χ2n) is 4.75. The van der Waals surface area contributed by atoms with Crippen molar-refractivity contribution in [2.75, 3.05) is 6.54 Å². The Kier molecular flexibility index (Phi) is 6.76. The minimum absolute atomic E-state index is 0. The van der Waals surface area contributed by atoms with Gasteiger partial charge in [-0.3, -0.25) is 0 Å². The fourth-order valence-corrected chi connectivity index (χ4v) is 5.28. The number of halogens is 3. The topological polar surface area (TPSA) is 58.2 Å². The molecule has 0 aliphatic carbocycles. The van der Waals surface area contributed by atoms with E-state index < -0.39 is 10.0 Å². The van der Waals surface area contributed by atoms with E-state index >= 15 is 0 Å². The maximum absolute atomic E-state index is 12.4. The Bertz CT molecular complexity index is 548. The summed E-state index contributed by atoms with van der Waals surface area (Å²) in [5.41, 5.74) is 0. The van der Waals surface area contributed by atoms with Gasteiger partial charge < -0.3 is 5.32 Å². The molecule has 114 valence electrons. The van der Waals surface area contributed by atoms with Crippen LogP contribution in [-0.4, -0.2) is 27.0 Å². The van der Waals surface area contributed by atoms with E-state index in [1.165, 1.54) is 0 Å². The number of hydrogen-bond donors (Lipinski definition) is 2. The molecule has 0 radical (unpaired) electrons. The molecule has 0 amide bonds. The number of nitrogens with one attached hydrogen (secondary N) is 2. The molecule has 4 nitrogen and oxygen atoms in total. The van der Waals surface area contributed by atoms with Crippen LogP contribution in [0, 0.1) is 0 Å². The lowest BCUT2D eigenvalue weighted by Crippen LogP contribution is -2.46. The molecule has 0 aromatic heterocycles. The summed E-state index contributed by atoms with van der Waals surface area (Å²) in [4.78, 5) is 0.114. The lowest BCUT2D eigenvalue weighted by molar-refractivity contribution is 0.361. The lowest BCUT2D eigenvalue weighted by Gasteiger charge is -2.28. The zero-order valence-corrected chi connectivity index (χ0v) is 14.9. The highest BCUT2D eigenvalue weighted by Gasteiger charge is 2.27. The van der Waals surface area contributed by atoms with E-state index in [1.807, 2.05) is 6.92 Å². The van der Waals surface area contributed by atoms with E-state index in [0.29, 0.717) is 10.5 Å². The highest BCUT2D eigenvalue weighted by molar-refractivity contribution is 9.10. The summed E-state index contributed by atoms with van der Waals surface area (Å²) >= 11 is 9.24. The first-order valence-electron chi connectivity index (χ1n) is 6.10. The van der Waals surface area contributed by atoms with Crippen molar-refractivity contribution < 1.29 is 8.42 Å². The molecule has 1 aliphatic heterocycles. The van der Waals surface area contributed by atoms with Crippen LogP contribution in [-0.2, 0) is 10.0 Å². The second-order valence-corrected chi connectivity index (χ2v) is 7.66. The Morgan fingerprint density at radius 1 is 1.45 bits per heavy atom. The van der Waals surface area contributed by atoms with Crippen molar-refractivity contribution in [2.45, 2.75) is 36.7 Å². The smallest absolute Gasteiger partial charge is 0.243 e. The monoisotopic (exact) mass is 402 g/mol. The third-order valence-electron chi connectivity index (χ3n) is 3.13. The summed E-state index contributed by atoms with van der Waals surface area (Å²) in [6, 6.07) is 5.22. The van der Waals surface area contributed by atoms with Gasteiger partial charge in [0.2, 0.25) is 10.0 Å². The molecule has 1 aromatic carbocycles. The highest BCUT2D eigenvalue weighted by Crippen LogP contribution is 2.29. The van der Waals surface area contributed by atoms with Gasteiger partial charge in [-0.25, -0.2) is 13.1 Å². The highest BCUT2D eigenvalue weighted by atomic mass is 79.9. The Hall–Kier alpha value is 0.150. The van der Waals surface area contributed by atoms with Crippen molar-refractivity contribution in [3.8, 4) is 0 Å². The zero-order chi connectivity index (χ0) is 14.0. The standard InChI is InChI=1S/C12H16BrClN2O2S.ClH/c1-8-7-9(5-6-15-8)16-19(17,18)12-10(13)3-2-4-11(12)14;/h2-4,8-9,15-16H,5-7H2,1H3;1H. The van der Waals surface area contributed by atoms with Gasteiger partial charge in [0, 0.05) is 16.6 Å². The molecule has 1 saturated heterocycles. The Labute approximate surface area is 139 Å². The van der Waals surface area contributed by atoms with Crippen LogP contribution in [0.25, 0.3) is 0 Å². The SMILES string of the molecule is CC1CC(NS(=O)(=O)c2c(Cl)cccc2Br)CCN1.Cl. The molecule has 2 N–H and O–H groups in total. The largest absolute Gasteiger partial charge is 0.314 e. The van der Waals surface area contributed by atoms with Crippen LogP contribution >= 0.6 is 39.9 Å². The predicted octanol–water partition coefficient (Wildman–Crippen LogP) is 2.94. The van der Waals surface area contributed by atoms with Crippen molar-refractivity contribution in [1.29, 1.82) is 0 Å². The van der Waals surface area contributed by atoms with Crippen LogP contribution in [0.3, 0.4) is 0 Å². The first-order chi connectivity index (χ1) is 8.90. The minimum atomic E-state index is -3.60. The quantitative estimate of drug-likeness (QED) is 0.815. The molecule has 1 aromatic rings. The van der Waals surface area contributed by atoms with Crippen LogP contribution in [0.15, 0.2) is 27.6 Å². The average molecular weight is 404 g/mol. The van der Waals surface area contributed by atoms with E-state index in [4.69, 9.17) is 11.6 Å². The fourth-order valence-electron chi connectivity index (χ4n) is 2.26. The lowest BCUT2D eigenvalue weighted by atomic mass is 10.0. The Morgan fingerprint density at radius 3 is 2.75 bits per heavy atom. The summed E-state index contributed by atoms with van der Waals surface area (Å²) in [5, 5.41) is 3.52. The fraction of sp³-hybridized carbons (Fsp3) is 0.500. The van der Waals surface area contributed by atoms with Crippen molar-refractivity contribution in [3.63, 3.8) is 0 Å². The Balaban J connectivity index is 0.00000200. The van der Waals surface area contributed by atoms with Crippen LogP contribution in [0.4, 0.5) is 0 Å². The maximum atomic E-state index is 12.4. The van der Waals surface area contributed by atoms with Gasteiger partial charge in [-0.2, -0.15) is 0 Å².